The number of ether oxygens (including phenoxy) is 1. The third-order valence-electron chi connectivity index (χ3n) is 8.36. The Morgan fingerprint density at radius 3 is 2.54 bits per heavy atom. The molecular formula is C33H36N4O4. The number of nitrogens with zero attached hydrogens (tertiary/aromatic N) is 2. The minimum absolute atomic E-state index is 0.0840. The third kappa shape index (κ3) is 6.19. The summed E-state index contributed by atoms with van der Waals surface area (Å²) in [5.41, 5.74) is 5.21. The molecule has 0 saturated carbocycles. The van der Waals surface area contributed by atoms with E-state index >= 15 is 0 Å². The number of benzene rings is 3. The lowest BCUT2D eigenvalue weighted by Gasteiger charge is -2.39. The molecule has 3 heterocycles. The lowest BCUT2D eigenvalue weighted by molar-refractivity contribution is -0.136. The fourth-order valence-corrected chi connectivity index (χ4v) is 6.07. The summed E-state index contributed by atoms with van der Waals surface area (Å²) in [6.45, 7) is 5.82. The van der Waals surface area contributed by atoms with E-state index in [0.29, 0.717) is 18.5 Å². The topological polar surface area (TPSA) is 91.0 Å². The number of carbonyl (C=O) groups excluding carboxylic acids is 3. The van der Waals surface area contributed by atoms with Gasteiger partial charge in [-0.3, -0.25) is 24.6 Å². The van der Waals surface area contributed by atoms with Crippen molar-refractivity contribution in [3.05, 3.63) is 101 Å². The number of aryl methyl sites for hydroxylation is 1. The lowest BCUT2D eigenvalue weighted by atomic mass is 10.00. The molecule has 2 fully saturated rings. The van der Waals surface area contributed by atoms with Crippen LogP contribution in [-0.4, -0.2) is 58.8 Å². The van der Waals surface area contributed by atoms with Crippen LogP contribution in [-0.2, 0) is 29.2 Å². The molecule has 41 heavy (non-hydrogen) atoms. The van der Waals surface area contributed by atoms with Crippen molar-refractivity contribution in [1.29, 1.82) is 0 Å². The molecule has 3 aromatic rings. The van der Waals surface area contributed by atoms with Gasteiger partial charge in [0, 0.05) is 50.7 Å². The Morgan fingerprint density at radius 1 is 0.951 bits per heavy atom. The van der Waals surface area contributed by atoms with Gasteiger partial charge in [-0.25, -0.2) is 0 Å². The van der Waals surface area contributed by atoms with E-state index < -0.39 is 11.9 Å². The number of rotatable bonds is 8. The third-order valence-corrected chi connectivity index (χ3v) is 8.36. The van der Waals surface area contributed by atoms with Crippen LogP contribution in [0.4, 0.5) is 0 Å². The van der Waals surface area contributed by atoms with Crippen molar-refractivity contribution in [3.8, 4) is 5.75 Å². The summed E-state index contributed by atoms with van der Waals surface area (Å²) in [6, 6.07) is 24.2. The van der Waals surface area contributed by atoms with Crippen LogP contribution in [0.25, 0.3) is 0 Å². The second-order valence-electron chi connectivity index (χ2n) is 11.4. The highest BCUT2D eigenvalue weighted by molar-refractivity contribution is 6.05. The fraction of sp³-hybridized carbons (Fsp3) is 0.364. The maximum absolute atomic E-state index is 13.1. The highest BCUT2D eigenvalue weighted by Gasteiger charge is 2.39. The van der Waals surface area contributed by atoms with Gasteiger partial charge in [0.05, 0.1) is 0 Å². The predicted octanol–water partition coefficient (Wildman–Crippen LogP) is 3.57. The Bertz CT molecular complexity index is 1420. The van der Waals surface area contributed by atoms with Crippen molar-refractivity contribution >= 4 is 17.7 Å². The summed E-state index contributed by atoms with van der Waals surface area (Å²) >= 11 is 0. The Hall–Kier alpha value is -4.01. The van der Waals surface area contributed by atoms with E-state index in [1.54, 1.807) is 11.0 Å². The van der Waals surface area contributed by atoms with E-state index in [0.717, 1.165) is 43.9 Å². The number of nitrogens with one attached hydrogen (secondary N) is 2. The second kappa shape index (κ2) is 11.8. The SMILES string of the molecule is Cc1ccc(CN2CCC(NCc3ccccc3)C(Oc3ccc4c(c3)CN(C3CCC(=O)NC3=O)C4=O)C2)cc1. The van der Waals surface area contributed by atoms with Gasteiger partial charge in [0.15, 0.2) is 0 Å². The number of piperidine rings is 2. The molecule has 3 atom stereocenters. The standard InChI is InChI=1S/C33H36N4O4/c1-22-7-9-24(10-8-22)19-36-16-15-28(34-18-23-5-3-2-4-6-23)30(21-36)41-26-11-12-27-25(17-26)20-37(33(27)40)29-13-14-31(38)35-32(29)39/h2-12,17,28-30,34H,13-16,18-21H2,1H3,(H,35,38,39). The normalized spacial score (nSPS) is 22.9. The lowest BCUT2D eigenvalue weighted by Crippen LogP contribution is -2.54. The number of amides is 3. The zero-order valence-electron chi connectivity index (χ0n) is 23.3. The van der Waals surface area contributed by atoms with Crippen molar-refractivity contribution in [2.75, 3.05) is 13.1 Å². The van der Waals surface area contributed by atoms with Crippen LogP contribution in [0.15, 0.2) is 72.8 Å². The molecule has 0 radical (unpaired) electrons. The number of carbonyl (C=O) groups is 3. The van der Waals surface area contributed by atoms with Crippen molar-refractivity contribution in [1.82, 2.24) is 20.4 Å². The van der Waals surface area contributed by atoms with Gasteiger partial charge in [-0.1, -0.05) is 60.2 Å². The largest absolute Gasteiger partial charge is 0.487 e. The van der Waals surface area contributed by atoms with Crippen LogP contribution in [0.1, 0.15) is 51.9 Å². The molecule has 6 rings (SSSR count). The van der Waals surface area contributed by atoms with Crippen LogP contribution in [0, 0.1) is 6.92 Å². The maximum atomic E-state index is 13.1. The number of hydrogen-bond acceptors (Lipinski definition) is 6. The molecule has 0 aromatic heterocycles. The van der Waals surface area contributed by atoms with Crippen LogP contribution < -0.4 is 15.4 Å². The molecule has 3 aromatic carbocycles. The number of fused-ring (bicyclic) bond motifs is 1. The van der Waals surface area contributed by atoms with Gasteiger partial charge >= 0.3 is 0 Å². The van der Waals surface area contributed by atoms with E-state index in [4.69, 9.17) is 4.74 Å². The zero-order valence-corrected chi connectivity index (χ0v) is 23.3. The Kier molecular flexibility index (Phi) is 7.85. The molecule has 8 nitrogen and oxygen atoms in total. The van der Waals surface area contributed by atoms with E-state index in [9.17, 15) is 14.4 Å². The Labute approximate surface area is 240 Å². The van der Waals surface area contributed by atoms with Crippen LogP contribution in [0.5, 0.6) is 5.75 Å². The highest BCUT2D eigenvalue weighted by atomic mass is 16.5. The molecule has 0 bridgehead atoms. The van der Waals surface area contributed by atoms with E-state index in [-0.39, 0.29) is 30.4 Å². The number of imide groups is 1. The summed E-state index contributed by atoms with van der Waals surface area (Å²) in [5.74, 6) is -0.145. The van der Waals surface area contributed by atoms with Gasteiger partial charge in [0.25, 0.3) is 5.91 Å². The molecular weight excluding hydrogens is 516 g/mol. The maximum Gasteiger partial charge on any atom is 0.255 e. The van der Waals surface area contributed by atoms with Gasteiger partial charge < -0.3 is 15.0 Å². The van der Waals surface area contributed by atoms with E-state index in [2.05, 4.69) is 71.0 Å². The molecule has 0 aliphatic carbocycles. The first-order chi connectivity index (χ1) is 19.9. The van der Waals surface area contributed by atoms with Crippen molar-refractivity contribution < 1.29 is 19.1 Å². The zero-order chi connectivity index (χ0) is 28.3. The number of likely N-dealkylation sites (tertiary alicyclic amines) is 1. The molecule has 212 valence electrons. The van der Waals surface area contributed by atoms with Gasteiger partial charge in [0.1, 0.15) is 17.9 Å². The van der Waals surface area contributed by atoms with Crippen molar-refractivity contribution in [2.24, 2.45) is 0 Å². The first-order valence-corrected chi connectivity index (χ1v) is 14.4. The van der Waals surface area contributed by atoms with Gasteiger partial charge in [0.2, 0.25) is 11.8 Å². The monoisotopic (exact) mass is 552 g/mol. The summed E-state index contributed by atoms with van der Waals surface area (Å²) in [4.78, 5) is 41.2. The summed E-state index contributed by atoms with van der Waals surface area (Å²) < 4.78 is 6.66. The minimum atomic E-state index is -0.628. The Balaban J connectivity index is 1.17. The first kappa shape index (κ1) is 27.2. The summed E-state index contributed by atoms with van der Waals surface area (Å²) in [5, 5.41) is 6.10. The highest BCUT2D eigenvalue weighted by Crippen LogP contribution is 2.31. The second-order valence-corrected chi connectivity index (χ2v) is 11.4. The number of hydrogen-bond donors (Lipinski definition) is 2. The van der Waals surface area contributed by atoms with E-state index in [1.165, 1.54) is 16.7 Å². The van der Waals surface area contributed by atoms with Crippen LogP contribution in [0.3, 0.4) is 0 Å². The predicted molar refractivity (Wildman–Crippen MR) is 155 cm³/mol. The first-order valence-electron chi connectivity index (χ1n) is 14.4. The van der Waals surface area contributed by atoms with Crippen molar-refractivity contribution in [2.45, 2.75) is 64.0 Å². The molecule has 3 aliphatic rings. The molecule has 3 unspecified atom stereocenters. The van der Waals surface area contributed by atoms with Gasteiger partial charge in [-0.15, -0.1) is 0 Å². The van der Waals surface area contributed by atoms with Crippen LogP contribution in [0.2, 0.25) is 0 Å². The van der Waals surface area contributed by atoms with Gasteiger partial charge in [-0.05, 0) is 54.7 Å². The molecule has 3 aliphatic heterocycles. The molecule has 2 saturated heterocycles. The van der Waals surface area contributed by atoms with Crippen LogP contribution >= 0.6 is 0 Å². The summed E-state index contributed by atoms with van der Waals surface area (Å²) in [7, 11) is 0. The average molecular weight is 553 g/mol. The minimum Gasteiger partial charge on any atom is -0.487 e. The average Bonchev–Trinajstić information content (AvgIpc) is 3.29. The quantitative estimate of drug-likeness (QED) is 0.416. The molecule has 0 spiro atoms. The smallest absolute Gasteiger partial charge is 0.255 e. The van der Waals surface area contributed by atoms with Gasteiger partial charge in [-0.2, -0.15) is 0 Å². The molecule has 3 amide bonds. The Morgan fingerprint density at radius 2 is 1.76 bits per heavy atom. The molecule has 8 heteroatoms. The van der Waals surface area contributed by atoms with Crippen molar-refractivity contribution in [3.63, 3.8) is 0 Å². The van der Waals surface area contributed by atoms with E-state index in [1.807, 2.05) is 18.2 Å². The fourth-order valence-electron chi connectivity index (χ4n) is 6.07. The molecule has 2 N–H and O–H groups in total. The summed E-state index contributed by atoms with van der Waals surface area (Å²) in [6.07, 6.45) is 1.46.